The molecule has 2 aromatic carbocycles. The summed E-state index contributed by atoms with van der Waals surface area (Å²) in [7, 11) is 1.65. The molecule has 1 aromatic heterocycles. The fourth-order valence-corrected chi connectivity index (χ4v) is 2.63. The monoisotopic (exact) mass is 337 g/mol. The zero-order valence-corrected chi connectivity index (χ0v) is 14.5. The first-order valence-electron chi connectivity index (χ1n) is 8.07. The fraction of sp³-hybridized carbons (Fsp3) is 0.200. The van der Waals surface area contributed by atoms with Crippen molar-refractivity contribution in [2.45, 2.75) is 19.9 Å². The average molecular weight is 337 g/mol. The highest BCUT2D eigenvalue weighted by atomic mass is 19.1. The molecule has 0 aliphatic heterocycles. The van der Waals surface area contributed by atoms with Gasteiger partial charge in [0.25, 0.3) is 0 Å². The number of aromatic nitrogens is 2. The summed E-state index contributed by atoms with van der Waals surface area (Å²) in [6, 6.07) is 16.1. The summed E-state index contributed by atoms with van der Waals surface area (Å²) < 4.78 is 18.4. The zero-order valence-electron chi connectivity index (χ0n) is 14.5. The van der Waals surface area contributed by atoms with Gasteiger partial charge in [0, 0.05) is 11.6 Å². The van der Waals surface area contributed by atoms with Gasteiger partial charge in [0.05, 0.1) is 18.8 Å². The lowest BCUT2D eigenvalue weighted by molar-refractivity contribution is 0.414. The second-order valence-electron chi connectivity index (χ2n) is 5.84. The molecule has 3 aromatic rings. The summed E-state index contributed by atoms with van der Waals surface area (Å²) in [6.45, 7) is 3.90. The van der Waals surface area contributed by atoms with E-state index in [4.69, 9.17) is 4.74 Å². The van der Waals surface area contributed by atoms with E-state index >= 15 is 0 Å². The summed E-state index contributed by atoms with van der Waals surface area (Å²) in [5.74, 6) is 1.93. The molecule has 3 rings (SSSR count). The Morgan fingerprint density at radius 2 is 1.80 bits per heavy atom. The van der Waals surface area contributed by atoms with Crippen molar-refractivity contribution in [2.75, 3.05) is 12.4 Å². The summed E-state index contributed by atoms with van der Waals surface area (Å²) in [5, 5.41) is 3.39. The molecule has 5 heteroatoms. The second-order valence-corrected chi connectivity index (χ2v) is 5.84. The molecule has 0 saturated carbocycles. The van der Waals surface area contributed by atoms with E-state index in [0.717, 1.165) is 28.4 Å². The predicted octanol–water partition coefficient (Wildman–Crippen LogP) is 4.77. The standard InChI is InChI=1S/C20H20FN3O/c1-13(16-5-4-6-18(11-16)25-3)22-20-12-19(23-14(2)24-20)15-7-9-17(21)10-8-15/h4-13H,1-3H3,(H,22,23,24)/t13-/m0/s1. The lowest BCUT2D eigenvalue weighted by Crippen LogP contribution is -2.09. The third kappa shape index (κ3) is 4.12. The molecule has 0 aliphatic rings. The highest BCUT2D eigenvalue weighted by Gasteiger charge is 2.10. The van der Waals surface area contributed by atoms with Gasteiger partial charge in [-0.2, -0.15) is 0 Å². The number of rotatable bonds is 5. The molecule has 1 N–H and O–H groups in total. The van der Waals surface area contributed by atoms with E-state index in [1.54, 1.807) is 19.2 Å². The summed E-state index contributed by atoms with van der Waals surface area (Å²) in [4.78, 5) is 8.91. The Labute approximate surface area is 146 Å². The predicted molar refractivity (Wildman–Crippen MR) is 97.2 cm³/mol. The topological polar surface area (TPSA) is 47.0 Å². The number of nitrogens with one attached hydrogen (secondary N) is 1. The van der Waals surface area contributed by atoms with Crippen molar-refractivity contribution in [1.82, 2.24) is 9.97 Å². The minimum Gasteiger partial charge on any atom is -0.497 e. The highest BCUT2D eigenvalue weighted by Crippen LogP contribution is 2.25. The molecule has 128 valence electrons. The molecule has 1 heterocycles. The molecule has 0 unspecified atom stereocenters. The smallest absolute Gasteiger partial charge is 0.130 e. The van der Waals surface area contributed by atoms with E-state index in [1.165, 1.54) is 12.1 Å². The van der Waals surface area contributed by atoms with Crippen LogP contribution in [0.2, 0.25) is 0 Å². The van der Waals surface area contributed by atoms with E-state index in [9.17, 15) is 4.39 Å². The first-order chi connectivity index (χ1) is 12.0. The number of halogens is 1. The van der Waals surface area contributed by atoms with Gasteiger partial charge in [0.2, 0.25) is 0 Å². The highest BCUT2D eigenvalue weighted by molar-refractivity contribution is 5.62. The molecule has 25 heavy (non-hydrogen) atoms. The van der Waals surface area contributed by atoms with Gasteiger partial charge >= 0.3 is 0 Å². The van der Waals surface area contributed by atoms with Crippen LogP contribution in [0.25, 0.3) is 11.3 Å². The van der Waals surface area contributed by atoms with Gasteiger partial charge in [-0.3, -0.25) is 0 Å². The molecule has 0 aliphatic carbocycles. The van der Waals surface area contributed by atoms with Crippen molar-refractivity contribution in [3.05, 3.63) is 71.8 Å². The van der Waals surface area contributed by atoms with Crippen molar-refractivity contribution >= 4 is 5.82 Å². The number of nitrogens with zero attached hydrogens (tertiary/aromatic N) is 2. The van der Waals surface area contributed by atoms with Gasteiger partial charge in [0.15, 0.2) is 0 Å². The minimum absolute atomic E-state index is 0.0467. The van der Waals surface area contributed by atoms with Crippen molar-refractivity contribution in [3.8, 4) is 17.0 Å². The number of aryl methyl sites for hydroxylation is 1. The molecule has 0 radical (unpaired) electrons. The molecule has 0 saturated heterocycles. The Hall–Kier alpha value is -2.95. The van der Waals surface area contributed by atoms with Crippen molar-refractivity contribution < 1.29 is 9.13 Å². The van der Waals surface area contributed by atoms with Crippen LogP contribution >= 0.6 is 0 Å². The number of methoxy groups -OCH3 is 1. The molecule has 4 nitrogen and oxygen atoms in total. The van der Waals surface area contributed by atoms with E-state index in [0.29, 0.717) is 5.82 Å². The zero-order chi connectivity index (χ0) is 17.8. The van der Waals surface area contributed by atoms with Crippen LogP contribution in [0.15, 0.2) is 54.6 Å². The van der Waals surface area contributed by atoms with Crippen LogP contribution in [0.5, 0.6) is 5.75 Å². The Kier molecular flexibility index (Phi) is 4.93. The van der Waals surface area contributed by atoms with Crippen LogP contribution < -0.4 is 10.1 Å². The Balaban J connectivity index is 1.86. The minimum atomic E-state index is -0.264. The molecule has 0 bridgehead atoms. The molecular formula is C20H20FN3O. The third-order valence-corrected chi connectivity index (χ3v) is 3.94. The number of ether oxygens (including phenoxy) is 1. The Bertz CT molecular complexity index is 865. The van der Waals surface area contributed by atoms with Gasteiger partial charge in [-0.1, -0.05) is 12.1 Å². The molecule has 0 spiro atoms. The lowest BCUT2D eigenvalue weighted by Gasteiger charge is -2.16. The van der Waals surface area contributed by atoms with Gasteiger partial charge in [-0.15, -0.1) is 0 Å². The largest absolute Gasteiger partial charge is 0.497 e. The molecular weight excluding hydrogens is 317 g/mol. The van der Waals surface area contributed by atoms with Crippen LogP contribution in [0.1, 0.15) is 24.4 Å². The van der Waals surface area contributed by atoms with Gasteiger partial charge in [-0.05, 0) is 55.8 Å². The van der Waals surface area contributed by atoms with Crippen LogP contribution in [0.3, 0.4) is 0 Å². The average Bonchev–Trinajstić information content (AvgIpc) is 2.62. The van der Waals surface area contributed by atoms with Gasteiger partial charge in [-0.25, -0.2) is 14.4 Å². The van der Waals surface area contributed by atoms with Crippen molar-refractivity contribution in [1.29, 1.82) is 0 Å². The van der Waals surface area contributed by atoms with E-state index in [-0.39, 0.29) is 11.9 Å². The maximum atomic E-state index is 13.1. The fourth-order valence-electron chi connectivity index (χ4n) is 2.63. The van der Waals surface area contributed by atoms with E-state index < -0.39 is 0 Å². The van der Waals surface area contributed by atoms with Gasteiger partial charge in [0.1, 0.15) is 23.2 Å². The molecule has 0 amide bonds. The quantitative estimate of drug-likeness (QED) is 0.728. The number of hydrogen-bond acceptors (Lipinski definition) is 4. The molecule has 0 fully saturated rings. The van der Waals surface area contributed by atoms with E-state index in [1.807, 2.05) is 37.3 Å². The van der Waals surface area contributed by atoms with Crippen molar-refractivity contribution in [2.24, 2.45) is 0 Å². The van der Waals surface area contributed by atoms with Crippen LogP contribution in [-0.4, -0.2) is 17.1 Å². The van der Waals surface area contributed by atoms with Crippen molar-refractivity contribution in [3.63, 3.8) is 0 Å². The Morgan fingerprint density at radius 1 is 1.04 bits per heavy atom. The second kappa shape index (κ2) is 7.30. The number of anilines is 1. The van der Waals surface area contributed by atoms with Crippen LogP contribution in [-0.2, 0) is 0 Å². The van der Waals surface area contributed by atoms with Gasteiger partial charge < -0.3 is 10.1 Å². The summed E-state index contributed by atoms with van der Waals surface area (Å²) in [5.41, 5.74) is 2.70. The van der Waals surface area contributed by atoms with E-state index in [2.05, 4.69) is 22.2 Å². The summed E-state index contributed by atoms with van der Waals surface area (Å²) >= 11 is 0. The van der Waals surface area contributed by atoms with Crippen LogP contribution in [0, 0.1) is 12.7 Å². The number of benzene rings is 2. The third-order valence-electron chi connectivity index (χ3n) is 3.94. The SMILES string of the molecule is COc1cccc([C@H](C)Nc2cc(-c3ccc(F)cc3)nc(C)n2)c1. The molecule has 1 atom stereocenters. The maximum Gasteiger partial charge on any atom is 0.130 e. The lowest BCUT2D eigenvalue weighted by atomic mass is 10.1. The van der Waals surface area contributed by atoms with Crippen LogP contribution in [0.4, 0.5) is 10.2 Å². The number of hydrogen-bond donors (Lipinski definition) is 1. The maximum absolute atomic E-state index is 13.1. The summed E-state index contributed by atoms with van der Waals surface area (Å²) in [6.07, 6.45) is 0. The normalized spacial score (nSPS) is 11.8. The Morgan fingerprint density at radius 3 is 2.52 bits per heavy atom. The first kappa shape index (κ1) is 16.9. The first-order valence-corrected chi connectivity index (χ1v) is 8.07.